The number of aliphatic hydroxyl groups is 1. The zero-order valence-electron chi connectivity index (χ0n) is 19.7. The molecule has 172 valence electrons. The van der Waals surface area contributed by atoms with Crippen molar-refractivity contribution in [3.8, 4) is 0 Å². The van der Waals surface area contributed by atoms with E-state index in [1.54, 1.807) is 0 Å². The Morgan fingerprint density at radius 2 is 1.75 bits per heavy atom. The summed E-state index contributed by atoms with van der Waals surface area (Å²) in [7, 11) is 0. The predicted molar refractivity (Wildman–Crippen MR) is 131 cm³/mol. The number of anilines is 1. The SMILES string of the molecule is CCN(CC)c1ccc([C@@H]2[C@@H]3CCCC[C@@]3(O)CCN2C(=O)CCc2ccccc2)cc1. The summed E-state index contributed by atoms with van der Waals surface area (Å²) in [6, 6.07) is 19.0. The molecule has 3 atom stereocenters. The number of carbonyl (C=O) groups excluding carboxylic acids is 1. The Bertz CT molecular complexity index is 878. The lowest BCUT2D eigenvalue weighted by atomic mass is 9.66. The lowest BCUT2D eigenvalue weighted by Crippen LogP contribution is -2.56. The van der Waals surface area contributed by atoms with E-state index in [1.807, 2.05) is 18.2 Å². The van der Waals surface area contributed by atoms with Gasteiger partial charge in [0.1, 0.15) is 0 Å². The molecular weight excluding hydrogens is 396 g/mol. The van der Waals surface area contributed by atoms with Gasteiger partial charge >= 0.3 is 0 Å². The molecule has 2 aromatic rings. The molecule has 1 saturated heterocycles. The molecule has 32 heavy (non-hydrogen) atoms. The third kappa shape index (κ3) is 4.71. The lowest BCUT2D eigenvalue weighted by Gasteiger charge is -2.52. The quantitative estimate of drug-likeness (QED) is 0.638. The van der Waals surface area contributed by atoms with Gasteiger partial charge in [0, 0.05) is 37.7 Å². The summed E-state index contributed by atoms with van der Waals surface area (Å²) in [6.45, 7) is 6.95. The summed E-state index contributed by atoms with van der Waals surface area (Å²) in [5.41, 5.74) is 2.94. The molecule has 1 heterocycles. The zero-order chi connectivity index (χ0) is 22.6. The Hall–Kier alpha value is -2.33. The van der Waals surface area contributed by atoms with Crippen LogP contribution in [0.3, 0.4) is 0 Å². The second kappa shape index (κ2) is 10.1. The second-order valence-corrected chi connectivity index (χ2v) is 9.49. The molecule has 0 aromatic heterocycles. The van der Waals surface area contributed by atoms with Gasteiger partial charge in [0.15, 0.2) is 0 Å². The fraction of sp³-hybridized carbons (Fsp3) is 0.536. The van der Waals surface area contributed by atoms with Crippen LogP contribution in [0.1, 0.15) is 69.5 Å². The maximum atomic E-state index is 13.4. The van der Waals surface area contributed by atoms with Gasteiger partial charge < -0.3 is 14.9 Å². The number of amides is 1. The summed E-state index contributed by atoms with van der Waals surface area (Å²) < 4.78 is 0. The molecule has 2 fully saturated rings. The van der Waals surface area contributed by atoms with Gasteiger partial charge in [-0.3, -0.25) is 4.79 Å². The molecule has 4 nitrogen and oxygen atoms in total. The second-order valence-electron chi connectivity index (χ2n) is 9.49. The largest absolute Gasteiger partial charge is 0.389 e. The number of fused-ring (bicyclic) bond motifs is 1. The third-order valence-electron chi connectivity index (χ3n) is 7.72. The van der Waals surface area contributed by atoms with Crippen LogP contribution in [-0.4, -0.2) is 41.1 Å². The van der Waals surface area contributed by atoms with Gasteiger partial charge in [0.05, 0.1) is 11.6 Å². The van der Waals surface area contributed by atoms with Gasteiger partial charge in [-0.15, -0.1) is 0 Å². The fourth-order valence-electron chi connectivity index (χ4n) is 5.88. The van der Waals surface area contributed by atoms with Gasteiger partial charge in [-0.25, -0.2) is 0 Å². The van der Waals surface area contributed by atoms with E-state index in [0.717, 1.165) is 45.2 Å². The first kappa shape index (κ1) is 22.8. The highest BCUT2D eigenvalue weighted by atomic mass is 16.3. The number of hydrogen-bond donors (Lipinski definition) is 1. The van der Waals surface area contributed by atoms with Crippen LogP contribution in [-0.2, 0) is 11.2 Å². The molecule has 1 N–H and O–H groups in total. The average Bonchev–Trinajstić information content (AvgIpc) is 2.83. The van der Waals surface area contributed by atoms with Crippen LogP contribution >= 0.6 is 0 Å². The maximum absolute atomic E-state index is 13.4. The van der Waals surface area contributed by atoms with E-state index < -0.39 is 5.60 Å². The third-order valence-corrected chi connectivity index (χ3v) is 7.72. The molecule has 2 aliphatic rings. The number of nitrogens with zero attached hydrogens (tertiary/aromatic N) is 2. The summed E-state index contributed by atoms with van der Waals surface area (Å²) in [5.74, 6) is 0.323. The molecular formula is C28H38N2O2. The number of hydrogen-bond acceptors (Lipinski definition) is 3. The number of aryl methyl sites for hydroxylation is 1. The highest BCUT2D eigenvalue weighted by molar-refractivity contribution is 5.77. The molecule has 4 heteroatoms. The first-order chi connectivity index (χ1) is 15.6. The first-order valence-corrected chi connectivity index (χ1v) is 12.5. The van der Waals surface area contributed by atoms with E-state index in [1.165, 1.54) is 16.8 Å². The van der Waals surface area contributed by atoms with Crippen molar-refractivity contribution in [2.45, 2.75) is 70.4 Å². The van der Waals surface area contributed by atoms with Gasteiger partial charge in [-0.05, 0) is 62.8 Å². The molecule has 1 amide bonds. The van der Waals surface area contributed by atoms with Crippen LogP contribution in [0.5, 0.6) is 0 Å². The summed E-state index contributed by atoms with van der Waals surface area (Å²) in [5, 5.41) is 11.5. The van der Waals surface area contributed by atoms with Crippen LogP contribution < -0.4 is 4.90 Å². The minimum absolute atomic E-state index is 0.0388. The van der Waals surface area contributed by atoms with E-state index >= 15 is 0 Å². The molecule has 0 unspecified atom stereocenters. The van der Waals surface area contributed by atoms with Crippen molar-refractivity contribution in [1.29, 1.82) is 0 Å². The van der Waals surface area contributed by atoms with E-state index in [9.17, 15) is 9.90 Å². The first-order valence-electron chi connectivity index (χ1n) is 12.5. The number of rotatable bonds is 7. The van der Waals surface area contributed by atoms with Crippen molar-refractivity contribution in [3.05, 3.63) is 65.7 Å². The molecule has 1 aliphatic heterocycles. The van der Waals surface area contributed by atoms with Crippen molar-refractivity contribution in [2.75, 3.05) is 24.5 Å². The normalized spacial score (nSPS) is 25.3. The smallest absolute Gasteiger partial charge is 0.223 e. The van der Waals surface area contributed by atoms with Crippen LogP contribution in [0.15, 0.2) is 54.6 Å². The Morgan fingerprint density at radius 3 is 2.44 bits per heavy atom. The molecule has 1 saturated carbocycles. The Balaban J connectivity index is 1.59. The van der Waals surface area contributed by atoms with Crippen molar-refractivity contribution >= 4 is 11.6 Å². The fourth-order valence-corrected chi connectivity index (χ4v) is 5.88. The predicted octanol–water partition coefficient (Wildman–Crippen LogP) is 5.36. The Morgan fingerprint density at radius 1 is 1.03 bits per heavy atom. The molecule has 0 spiro atoms. The summed E-state index contributed by atoms with van der Waals surface area (Å²) in [4.78, 5) is 17.9. The van der Waals surface area contributed by atoms with Gasteiger partial charge in [0.25, 0.3) is 0 Å². The van der Waals surface area contributed by atoms with E-state index in [-0.39, 0.29) is 17.9 Å². The highest BCUT2D eigenvalue weighted by Gasteiger charge is 2.49. The van der Waals surface area contributed by atoms with Crippen LogP contribution in [0.25, 0.3) is 0 Å². The molecule has 0 bridgehead atoms. The highest BCUT2D eigenvalue weighted by Crippen LogP contribution is 2.49. The molecule has 1 aliphatic carbocycles. The van der Waals surface area contributed by atoms with Crippen molar-refractivity contribution in [1.82, 2.24) is 4.90 Å². The minimum Gasteiger partial charge on any atom is -0.389 e. The van der Waals surface area contributed by atoms with Gasteiger partial charge in [0.2, 0.25) is 5.91 Å². The molecule has 0 radical (unpaired) electrons. The topological polar surface area (TPSA) is 43.8 Å². The zero-order valence-corrected chi connectivity index (χ0v) is 19.7. The Labute approximate surface area is 193 Å². The minimum atomic E-state index is -0.642. The van der Waals surface area contributed by atoms with Crippen LogP contribution in [0.4, 0.5) is 5.69 Å². The van der Waals surface area contributed by atoms with Crippen molar-refractivity contribution in [2.24, 2.45) is 5.92 Å². The molecule has 2 aromatic carbocycles. The maximum Gasteiger partial charge on any atom is 0.223 e. The van der Waals surface area contributed by atoms with Gasteiger partial charge in [-0.2, -0.15) is 0 Å². The average molecular weight is 435 g/mol. The van der Waals surface area contributed by atoms with Gasteiger partial charge in [-0.1, -0.05) is 55.3 Å². The van der Waals surface area contributed by atoms with Crippen LogP contribution in [0.2, 0.25) is 0 Å². The summed E-state index contributed by atoms with van der Waals surface area (Å²) >= 11 is 0. The molecule has 4 rings (SSSR count). The lowest BCUT2D eigenvalue weighted by molar-refractivity contribution is -0.155. The van der Waals surface area contributed by atoms with E-state index in [4.69, 9.17) is 0 Å². The number of carbonyl (C=O) groups is 1. The number of piperidine rings is 1. The van der Waals surface area contributed by atoms with E-state index in [2.05, 4.69) is 60.0 Å². The van der Waals surface area contributed by atoms with Crippen LogP contribution in [0, 0.1) is 5.92 Å². The summed E-state index contributed by atoms with van der Waals surface area (Å²) in [6.07, 6.45) is 6.04. The van der Waals surface area contributed by atoms with E-state index in [0.29, 0.717) is 19.4 Å². The standard InChI is InChI=1S/C28H38N2O2/c1-3-29(4-2)24-16-14-23(15-17-24)27-25-12-8-9-19-28(25,32)20-21-30(27)26(31)18-13-22-10-6-5-7-11-22/h5-7,10-11,14-17,25,27,32H,3-4,8-9,12-13,18-21H2,1-2H3/t25-,27+,28+/m0/s1. The van der Waals surface area contributed by atoms with Crippen molar-refractivity contribution in [3.63, 3.8) is 0 Å². The monoisotopic (exact) mass is 434 g/mol. The number of benzene rings is 2. The number of likely N-dealkylation sites (tertiary alicyclic amines) is 1. The van der Waals surface area contributed by atoms with Crippen molar-refractivity contribution < 1.29 is 9.90 Å². The Kier molecular flexibility index (Phi) is 7.20.